The molecule has 1 aromatic heterocycles. The van der Waals surface area contributed by atoms with E-state index in [0.717, 1.165) is 19.3 Å². The average molecular weight is 282 g/mol. The van der Waals surface area contributed by atoms with E-state index < -0.39 is 0 Å². The van der Waals surface area contributed by atoms with Crippen LogP contribution in [0.3, 0.4) is 0 Å². The molecule has 0 aliphatic rings. The quantitative estimate of drug-likeness (QED) is 0.677. The Morgan fingerprint density at radius 2 is 2.31 bits per heavy atom. The maximum absolute atomic E-state index is 6.14. The summed E-state index contributed by atoms with van der Waals surface area (Å²) in [7, 11) is 0. The first kappa shape index (κ1) is 11.5. The highest BCUT2D eigenvalue weighted by Gasteiger charge is 2.06. The smallest absolute Gasteiger partial charge is 0.0339 e. The van der Waals surface area contributed by atoms with E-state index in [0.29, 0.717) is 5.38 Å². The van der Waals surface area contributed by atoms with E-state index in [1.807, 2.05) is 0 Å². The summed E-state index contributed by atoms with van der Waals surface area (Å²) in [6.07, 6.45) is 4.51. The van der Waals surface area contributed by atoms with Gasteiger partial charge in [0, 0.05) is 14.7 Å². The first-order chi connectivity index (χ1) is 6.24. The summed E-state index contributed by atoms with van der Waals surface area (Å²) in [5, 5.41) is 2.46. The first-order valence-corrected chi connectivity index (χ1v) is 6.71. The third-order valence-electron chi connectivity index (χ3n) is 1.98. The molecule has 74 valence electrons. The molecule has 0 radical (unpaired) electrons. The zero-order valence-electron chi connectivity index (χ0n) is 7.72. The Kier molecular flexibility index (Phi) is 5.37. The summed E-state index contributed by atoms with van der Waals surface area (Å²) in [6, 6.07) is 2.10. The van der Waals surface area contributed by atoms with Crippen LogP contribution in [-0.4, -0.2) is 5.38 Å². The van der Waals surface area contributed by atoms with E-state index in [1.54, 1.807) is 11.3 Å². The summed E-state index contributed by atoms with van der Waals surface area (Å²) in [6.45, 7) is 2.18. The van der Waals surface area contributed by atoms with Crippen LogP contribution in [0.4, 0.5) is 0 Å². The molecular formula is C10H14BrClS. The molecule has 1 atom stereocenters. The number of hydrogen-bond donors (Lipinski definition) is 0. The monoisotopic (exact) mass is 280 g/mol. The lowest BCUT2D eigenvalue weighted by Gasteiger charge is -2.06. The van der Waals surface area contributed by atoms with Gasteiger partial charge in [0.05, 0.1) is 0 Å². The summed E-state index contributed by atoms with van der Waals surface area (Å²) < 4.78 is 1.23. The third-order valence-corrected chi connectivity index (χ3v) is 4.40. The Labute approximate surface area is 97.4 Å². The highest BCUT2D eigenvalue weighted by atomic mass is 79.9. The van der Waals surface area contributed by atoms with Crippen LogP contribution in [0, 0.1) is 0 Å². The molecule has 0 amide bonds. The van der Waals surface area contributed by atoms with Crippen LogP contribution in [0.5, 0.6) is 0 Å². The molecule has 0 spiro atoms. The minimum absolute atomic E-state index is 0.346. The van der Waals surface area contributed by atoms with E-state index in [4.69, 9.17) is 11.6 Å². The number of alkyl halides is 1. The number of thiophene rings is 1. The van der Waals surface area contributed by atoms with Gasteiger partial charge < -0.3 is 0 Å². The van der Waals surface area contributed by atoms with Gasteiger partial charge in [-0.3, -0.25) is 0 Å². The van der Waals surface area contributed by atoms with E-state index >= 15 is 0 Å². The highest BCUT2D eigenvalue weighted by molar-refractivity contribution is 9.10. The number of rotatable bonds is 5. The van der Waals surface area contributed by atoms with Crippen molar-refractivity contribution in [3.63, 3.8) is 0 Å². The van der Waals surface area contributed by atoms with Crippen LogP contribution in [0.2, 0.25) is 0 Å². The van der Waals surface area contributed by atoms with Gasteiger partial charge in [0.1, 0.15) is 0 Å². The predicted octanol–water partition coefficient (Wildman–Crippen LogP) is 4.85. The van der Waals surface area contributed by atoms with Crippen LogP contribution in [0.25, 0.3) is 0 Å². The molecule has 0 bridgehead atoms. The van der Waals surface area contributed by atoms with Gasteiger partial charge in [-0.05, 0) is 46.6 Å². The molecule has 0 aromatic carbocycles. The maximum atomic E-state index is 6.14. The van der Waals surface area contributed by atoms with Gasteiger partial charge in [-0.1, -0.05) is 13.3 Å². The second-order valence-electron chi connectivity index (χ2n) is 3.12. The van der Waals surface area contributed by atoms with E-state index in [-0.39, 0.29) is 0 Å². The van der Waals surface area contributed by atoms with Crippen molar-refractivity contribution >= 4 is 38.9 Å². The number of halogens is 2. The number of hydrogen-bond acceptors (Lipinski definition) is 1. The Bertz CT molecular complexity index is 247. The predicted molar refractivity (Wildman–Crippen MR) is 64.9 cm³/mol. The molecule has 1 aromatic rings. The maximum Gasteiger partial charge on any atom is 0.0339 e. The summed E-state index contributed by atoms with van der Waals surface area (Å²) in [5.41, 5.74) is 0. The SMILES string of the molecule is CCCC(Cl)CCc1sccc1Br. The van der Waals surface area contributed by atoms with Crippen molar-refractivity contribution in [3.05, 3.63) is 20.8 Å². The summed E-state index contributed by atoms with van der Waals surface area (Å²) in [5.74, 6) is 0. The van der Waals surface area contributed by atoms with Gasteiger partial charge >= 0.3 is 0 Å². The van der Waals surface area contributed by atoms with Gasteiger partial charge in [0.25, 0.3) is 0 Å². The second kappa shape index (κ2) is 6.05. The fourth-order valence-electron chi connectivity index (χ4n) is 1.25. The van der Waals surface area contributed by atoms with Crippen molar-refractivity contribution in [1.82, 2.24) is 0 Å². The van der Waals surface area contributed by atoms with Crippen molar-refractivity contribution in [2.75, 3.05) is 0 Å². The molecule has 0 N–H and O–H groups in total. The molecule has 0 nitrogen and oxygen atoms in total. The summed E-state index contributed by atoms with van der Waals surface area (Å²) in [4.78, 5) is 1.42. The van der Waals surface area contributed by atoms with Crippen LogP contribution < -0.4 is 0 Å². The van der Waals surface area contributed by atoms with Crippen molar-refractivity contribution in [2.45, 2.75) is 38.0 Å². The molecule has 0 fully saturated rings. The molecule has 1 heterocycles. The fourth-order valence-corrected chi connectivity index (χ4v) is 3.15. The Morgan fingerprint density at radius 3 is 2.85 bits per heavy atom. The molecule has 13 heavy (non-hydrogen) atoms. The normalized spacial score (nSPS) is 13.2. The van der Waals surface area contributed by atoms with Crippen molar-refractivity contribution in [3.8, 4) is 0 Å². The van der Waals surface area contributed by atoms with Gasteiger partial charge in [-0.2, -0.15) is 0 Å². The number of aryl methyl sites for hydroxylation is 1. The highest BCUT2D eigenvalue weighted by Crippen LogP contribution is 2.25. The van der Waals surface area contributed by atoms with Crippen molar-refractivity contribution in [1.29, 1.82) is 0 Å². The fraction of sp³-hybridized carbons (Fsp3) is 0.600. The molecule has 0 saturated carbocycles. The molecular weight excluding hydrogens is 268 g/mol. The lowest BCUT2D eigenvalue weighted by molar-refractivity contribution is 0.678. The van der Waals surface area contributed by atoms with Crippen LogP contribution in [-0.2, 0) is 6.42 Å². The van der Waals surface area contributed by atoms with E-state index in [1.165, 1.54) is 15.8 Å². The van der Waals surface area contributed by atoms with Crippen LogP contribution >= 0.6 is 38.9 Å². The standard InChI is InChI=1S/C10H14BrClS/c1-2-3-8(12)4-5-10-9(11)6-7-13-10/h6-8H,2-5H2,1H3. The second-order valence-corrected chi connectivity index (χ2v) is 5.59. The minimum atomic E-state index is 0.346. The third kappa shape index (κ3) is 4.01. The van der Waals surface area contributed by atoms with E-state index in [2.05, 4.69) is 34.3 Å². The van der Waals surface area contributed by atoms with Gasteiger partial charge in [-0.15, -0.1) is 22.9 Å². The molecule has 0 aliphatic carbocycles. The summed E-state index contributed by atoms with van der Waals surface area (Å²) >= 11 is 11.5. The zero-order valence-corrected chi connectivity index (χ0v) is 10.9. The minimum Gasteiger partial charge on any atom is -0.148 e. The molecule has 1 unspecified atom stereocenters. The lowest BCUT2D eigenvalue weighted by Crippen LogP contribution is -1.99. The van der Waals surface area contributed by atoms with Crippen LogP contribution in [0.15, 0.2) is 15.9 Å². The molecule has 0 aliphatic heterocycles. The Hall–Kier alpha value is 0.470. The van der Waals surface area contributed by atoms with Gasteiger partial charge in [0.2, 0.25) is 0 Å². The topological polar surface area (TPSA) is 0 Å². The molecule has 1 rings (SSSR count). The molecule has 3 heteroatoms. The van der Waals surface area contributed by atoms with E-state index in [9.17, 15) is 0 Å². The van der Waals surface area contributed by atoms with Gasteiger partial charge in [-0.25, -0.2) is 0 Å². The average Bonchev–Trinajstić information content (AvgIpc) is 2.48. The van der Waals surface area contributed by atoms with Gasteiger partial charge in [0.15, 0.2) is 0 Å². The first-order valence-electron chi connectivity index (χ1n) is 4.60. The Balaban J connectivity index is 2.30. The van der Waals surface area contributed by atoms with Crippen molar-refractivity contribution in [2.24, 2.45) is 0 Å². The molecule has 0 saturated heterocycles. The lowest BCUT2D eigenvalue weighted by atomic mass is 10.1. The van der Waals surface area contributed by atoms with Crippen LogP contribution in [0.1, 0.15) is 31.1 Å². The zero-order chi connectivity index (χ0) is 9.68. The largest absolute Gasteiger partial charge is 0.148 e. The van der Waals surface area contributed by atoms with Crippen molar-refractivity contribution < 1.29 is 0 Å². The Morgan fingerprint density at radius 1 is 1.54 bits per heavy atom.